The van der Waals surface area contributed by atoms with Crippen LogP contribution in [0.1, 0.15) is 41.7 Å². The van der Waals surface area contributed by atoms with Crippen LogP contribution in [0.15, 0.2) is 40.8 Å². The summed E-state index contributed by atoms with van der Waals surface area (Å²) >= 11 is -1.56. The van der Waals surface area contributed by atoms with E-state index in [0.29, 0.717) is 35.2 Å². The number of benzene rings is 1. The third-order valence-electron chi connectivity index (χ3n) is 5.84. The lowest BCUT2D eigenvalue weighted by Gasteiger charge is -2.33. The highest BCUT2D eigenvalue weighted by Gasteiger charge is 2.24. The van der Waals surface area contributed by atoms with Gasteiger partial charge >= 0.3 is 0 Å². The number of nitrogens with one attached hydrogen (secondary N) is 2. The van der Waals surface area contributed by atoms with Crippen molar-refractivity contribution in [3.63, 3.8) is 0 Å². The van der Waals surface area contributed by atoms with Gasteiger partial charge in [0.1, 0.15) is 23.1 Å². The summed E-state index contributed by atoms with van der Waals surface area (Å²) in [6, 6.07) is 11.8. The van der Waals surface area contributed by atoms with E-state index in [4.69, 9.17) is 10.5 Å². The van der Waals surface area contributed by atoms with Crippen molar-refractivity contribution in [2.24, 2.45) is 16.0 Å². The van der Waals surface area contributed by atoms with Crippen molar-refractivity contribution in [1.82, 2.24) is 10.3 Å². The zero-order valence-corrected chi connectivity index (χ0v) is 19.5. The maximum absolute atomic E-state index is 11.6. The first-order valence-corrected chi connectivity index (χ1v) is 12.3. The van der Waals surface area contributed by atoms with Crippen molar-refractivity contribution in [1.29, 1.82) is 0 Å². The molecule has 176 valence electrons. The highest BCUT2D eigenvalue weighted by molar-refractivity contribution is 7.85. The number of aldehydes is 1. The number of amidine groups is 1. The Hall–Kier alpha value is -2.98. The van der Waals surface area contributed by atoms with Crippen LogP contribution in [0.5, 0.6) is 5.75 Å². The molecule has 33 heavy (non-hydrogen) atoms. The van der Waals surface area contributed by atoms with Crippen LogP contribution in [-0.2, 0) is 11.2 Å². The van der Waals surface area contributed by atoms with E-state index < -0.39 is 11.2 Å². The molecular formula is C23H30N6O3S. The van der Waals surface area contributed by atoms with Gasteiger partial charge in [-0.3, -0.25) is 9.52 Å². The Morgan fingerprint density at radius 3 is 2.82 bits per heavy atom. The summed E-state index contributed by atoms with van der Waals surface area (Å²) < 4.78 is 24.4. The van der Waals surface area contributed by atoms with Gasteiger partial charge in [0, 0.05) is 25.0 Å². The highest BCUT2D eigenvalue weighted by Crippen LogP contribution is 2.30. The molecule has 2 atom stereocenters. The Balaban J connectivity index is 0.000000459. The fourth-order valence-electron chi connectivity index (χ4n) is 3.92. The Morgan fingerprint density at radius 2 is 2.09 bits per heavy atom. The third kappa shape index (κ3) is 6.08. The van der Waals surface area contributed by atoms with Crippen molar-refractivity contribution < 1.29 is 13.7 Å². The number of ether oxygens (including phenoxy) is 1. The van der Waals surface area contributed by atoms with Crippen molar-refractivity contribution in [3.8, 4) is 5.75 Å². The highest BCUT2D eigenvalue weighted by atomic mass is 32.2. The van der Waals surface area contributed by atoms with E-state index in [2.05, 4.69) is 24.3 Å². The number of hydrogen-bond acceptors (Lipinski definition) is 7. The van der Waals surface area contributed by atoms with E-state index in [1.54, 1.807) is 12.1 Å². The molecule has 0 amide bonds. The number of aromatic nitrogens is 1. The van der Waals surface area contributed by atoms with Crippen LogP contribution in [0.4, 0.5) is 11.5 Å². The molecular weight excluding hydrogens is 440 g/mol. The van der Waals surface area contributed by atoms with Crippen molar-refractivity contribution in [3.05, 3.63) is 47.7 Å². The van der Waals surface area contributed by atoms with E-state index in [1.807, 2.05) is 31.3 Å². The number of nitrogens with two attached hydrogens (primary N) is 1. The summed E-state index contributed by atoms with van der Waals surface area (Å²) in [5.74, 6) is 1.97. The minimum absolute atomic E-state index is 0.211. The van der Waals surface area contributed by atoms with Gasteiger partial charge in [0.05, 0.1) is 17.9 Å². The second-order valence-electron chi connectivity index (χ2n) is 8.37. The van der Waals surface area contributed by atoms with E-state index in [-0.39, 0.29) is 5.84 Å². The van der Waals surface area contributed by atoms with Gasteiger partial charge in [0.15, 0.2) is 6.29 Å². The number of pyridine rings is 1. The summed E-state index contributed by atoms with van der Waals surface area (Å²) in [5.41, 5.74) is 7.70. The fourth-order valence-corrected chi connectivity index (χ4v) is 4.60. The number of hydrogen-bond donors (Lipinski definition) is 3. The summed E-state index contributed by atoms with van der Waals surface area (Å²) in [6.45, 7) is 2.23. The minimum Gasteiger partial charge on any atom is -0.492 e. The first kappa shape index (κ1) is 23.2. The molecule has 0 radical (unpaired) electrons. The van der Waals surface area contributed by atoms with Gasteiger partial charge in [-0.15, -0.1) is 0 Å². The second kappa shape index (κ2) is 10.8. The molecule has 1 aliphatic carbocycles. The molecule has 2 unspecified atom stereocenters. The van der Waals surface area contributed by atoms with Gasteiger partial charge in [0.25, 0.3) is 0 Å². The van der Waals surface area contributed by atoms with Gasteiger partial charge in [-0.05, 0) is 57.0 Å². The number of anilines is 2. The molecule has 3 heterocycles. The van der Waals surface area contributed by atoms with Gasteiger partial charge in [-0.25, -0.2) is 9.19 Å². The van der Waals surface area contributed by atoms with Crippen LogP contribution < -0.4 is 25.4 Å². The van der Waals surface area contributed by atoms with E-state index >= 15 is 0 Å². The Kier molecular flexibility index (Phi) is 7.56. The number of fused-ring (bicyclic) bond motifs is 1. The number of carbonyl (C=O) groups is 1. The number of nitrogens with zero attached hydrogens (tertiary/aromatic N) is 3. The Labute approximate surface area is 196 Å². The van der Waals surface area contributed by atoms with Crippen LogP contribution in [0.2, 0.25) is 0 Å². The lowest BCUT2D eigenvalue weighted by molar-refractivity contribution is 0.111. The van der Waals surface area contributed by atoms with Crippen LogP contribution in [0.3, 0.4) is 0 Å². The molecule has 4 N–H and O–H groups in total. The molecule has 10 heteroatoms. The largest absolute Gasteiger partial charge is 0.492 e. The summed E-state index contributed by atoms with van der Waals surface area (Å²) in [4.78, 5) is 17.6. The first-order chi connectivity index (χ1) is 16.1. The molecule has 2 aromatic rings. The van der Waals surface area contributed by atoms with Gasteiger partial charge in [-0.1, -0.05) is 12.1 Å². The lowest BCUT2D eigenvalue weighted by atomic mass is 9.99. The Morgan fingerprint density at radius 1 is 1.27 bits per heavy atom. The monoisotopic (exact) mass is 470 g/mol. The summed E-state index contributed by atoms with van der Waals surface area (Å²) in [6.07, 6.45) is 5.63. The van der Waals surface area contributed by atoms with Crippen LogP contribution in [0, 0.1) is 5.92 Å². The molecule has 0 spiro atoms. The summed E-state index contributed by atoms with van der Waals surface area (Å²) in [7, 11) is 2.01. The lowest BCUT2D eigenvalue weighted by Crippen LogP contribution is -2.38. The second-order valence-corrected chi connectivity index (χ2v) is 9.26. The SMILES string of the molecule is CNC1CC1.NC1=NS(=O)Nc2cccc(OCC3CCCN(c4cccc(C=O)n4)C3)c21. The summed E-state index contributed by atoms with van der Waals surface area (Å²) in [5, 5.41) is 3.14. The average molecular weight is 471 g/mol. The molecule has 1 aromatic carbocycles. The molecule has 0 bridgehead atoms. The van der Waals surface area contributed by atoms with Gasteiger partial charge in [-0.2, -0.15) is 4.40 Å². The standard InChI is InChI=1S/C19H21N5O3S.C4H9N/c20-19-18-15(22-28(26)23-19)6-2-7-16(18)27-12-13-4-3-9-24(10-13)17-8-1-5-14(11-25)21-17;1-5-4-2-3-4/h1-2,5-8,11,13,22H,3-4,9-10,12H2,(H2,20,23);4-5H,2-3H2,1H3. The van der Waals surface area contributed by atoms with Crippen molar-refractivity contribution >= 4 is 34.8 Å². The number of rotatable bonds is 6. The smallest absolute Gasteiger partial charge is 0.245 e. The van der Waals surface area contributed by atoms with E-state index in [1.165, 1.54) is 12.8 Å². The van der Waals surface area contributed by atoms with Gasteiger partial charge < -0.3 is 20.7 Å². The fraction of sp³-hybridized carbons (Fsp3) is 0.435. The van der Waals surface area contributed by atoms with E-state index in [0.717, 1.165) is 44.1 Å². The molecule has 3 aliphatic rings. The molecule has 5 rings (SSSR count). The van der Waals surface area contributed by atoms with Crippen molar-refractivity contribution in [2.45, 2.75) is 31.7 Å². The minimum atomic E-state index is -1.56. The van der Waals surface area contributed by atoms with Crippen LogP contribution in [-0.4, -0.2) is 54.1 Å². The van der Waals surface area contributed by atoms with Crippen molar-refractivity contribution in [2.75, 3.05) is 36.4 Å². The third-order valence-corrected chi connectivity index (χ3v) is 6.60. The normalized spacial score (nSPS) is 21.6. The predicted octanol–water partition coefficient (Wildman–Crippen LogP) is 2.27. The van der Waals surface area contributed by atoms with Crippen LogP contribution in [0.25, 0.3) is 0 Å². The zero-order valence-electron chi connectivity index (χ0n) is 18.7. The first-order valence-electron chi connectivity index (χ1n) is 11.2. The maximum atomic E-state index is 11.6. The quantitative estimate of drug-likeness (QED) is 0.554. The molecule has 1 aromatic heterocycles. The van der Waals surface area contributed by atoms with Gasteiger partial charge in [0.2, 0.25) is 11.2 Å². The number of carbonyl (C=O) groups excluding carboxylic acids is 1. The molecule has 1 saturated heterocycles. The molecule has 2 aliphatic heterocycles. The average Bonchev–Trinajstić information content (AvgIpc) is 3.68. The molecule has 2 fully saturated rings. The zero-order chi connectivity index (χ0) is 23.2. The maximum Gasteiger partial charge on any atom is 0.245 e. The van der Waals surface area contributed by atoms with E-state index in [9.17, 15) is 9.00 Å². The topological polar surface area (TPSA) is 122 Å². The predicted molar refractivity (Wildman–Crippen MR) is 131 cm³/mol. The molecule has 1 saturated carbocycles. The number of piperidine rings is 1. The Bertz CT molecular complexity index is 1040. The molecule has 9 nitrogen and oxygen atoms in total. The van der Waals surface area contributed by atoms with Crippen LogP contribution >= 0.6 is 0 Å².